The van der Waals surface area contributed by atoms with Crippen LogP contribution in [-0.4, -0.2) is 60.9 Å². The minimum absolute atomic E-state index is 0.0642. The lowest BCUT2D eigenvalue weighted by molar-refractivity contribution is -0.120. The first kappa shape index (κ1) is 21.1. The molecule has 0 atom stereocenters. The van der Waals surface area contributed by atoms with Gasteiger partial charge in [0.1, 0.15) is 5.76 Å². The lowest BCUT2D eigenvalue weighted by Gasteiger charge is -2.34. The Hall–Kier alpha value is -2.64. The minimum atomic E-state index is -0.310. The Morgan fingerprint density at radius 1 is 0.966 bits per heavy atom. The number of carbonyl (C=O) groups excluding carboxylic acids is 2. The topological polar surface area (TPSA) is 77.8 Å². The van der Waals surface area contributed by atoms with E-state index in [1.807, 2.05) is 12.1 Å². The summed E-state index contributed by atoms with van der Waals surface area (Å²) in [4.78, 5) is 28.9. The normalized spacial score (nSPS) is 15.2. The van der Waals surface area contributed by atoms with E-state index >= 15 is 0 Å². The third-order valence-corrected chi connectivity index (χ3v) is 5.34. The van der Waals surface area contributed by atoms with Crippen LogP contribution < -0.4 is 10.6 Å². The van der Waals surface area contributed by atoms with Gasteiger partial charge in [0.25, 0.3) is 5.91 Å². The standard InChI is InChI=1S/C22H30N4O3/c1-3-25-9-11-26(12-10-25)16-19-6-4-18(5-7-19)14-23-21(27)15-24-22(28)20-8-13-29-17(20)2/h4-8,13H,3,9-12,14-16H2,1-2H3,(H,23,27)(H,24,28). The van der Waals surface area contributed by atoms with Crippen LogP contribution in [0, 0.1) is 6.92 Å². The number of rotatable bonds is 8. The van der Waals surface area contributed by atoms with Gasteiger partial charge in [-0.15, -0.1) is 0 Å². The van der Waals surface area contributed by atoms with E-state index in [9.17, 15) is 9.59 Å². The van der Waals surface area contributed by atoms with E-state index < -0.39 is 0 Å². The molecule has 0 radical (unpaired) electrons. The van der Waals surface area contributed by atoms with Crippen molar-refractivity contribution in [3.63, 3.8) is 0 Å². The maximum Gasteiger partial charge on any atom is 0.255 e. The highest BCUT2D eigenvalue weighted by atomic mass is 16.3. The molecular weight excluding hydrogens is 368 g/mol. The van der Waals surface area contributed by atoms with Crippen molar-refractivity contribution in [2.45, 2.75) is 26.9 Å². The average Bonchev–Trinajstić information content (AvgIpc) is 3.18. The van der Waals surface area contributed by atoms with Crippen LogP contribution >= 0.6 is 0 Å². The Morgan fingerprint density at radius 2 is 1.62 bits per heavy atom. The predicted octanol–water partition coefficient (Wildman–Crippen LogP) is 1.77. The summed E-state index contributed by atoms with van der Waals surface area (Å²) in [6, 6.07) is 9.93. The van der Waals surface area contributed by atoms with Gasteiger partial charge in [-0.05, 0) is 30.7 Å². The number of likely N-dealkylation sites (N-methyl/N-ethyl adjacent to an activating group) is 1. The van der Waals surface area contributed by atoms with E-state index in [1.165, 1.54) is 11.8 Å². The molecule has 0 saturated carbocycles. The predicted molar refractivity (Wildman–Crippen MR) is 111 cm³/mol. The van der Waals surface area contributed by atoms with Crippen molar-refractivity contribution in [3.8, 4) is 0 Å². The van der Waals surface area contributed by atoms with Gasteiger partial charge in [-0.3, -0.25) is 14.5 Å². The van der Waals surface area contributed by atoms with Crippen molar-refractivity contribution >= 4 is 11.8 Å². The van der Waals surface area contributed by atoms with Gasteiger partial charge in [0.15, 0.2) is 0 Å². The van der Waals surface area contributed by atoms with Gasteiger partial charge in [-0.1, -0.05) is 31.2 Å². The molecule has 2 aromatic rings. The lowest BCUT2D eigenvalue weighted by Crippen LogP contribution is -2.45. The van der Waals surface area contributed by atoms with Crippen LogP contribution in [0.5, 0.6) is 0 Å². The molecule has 0 bridgehead atoms. The fourth-order valence-corrected chi connectivity index (χ4v) is 3.42. The number of aryl methyl sites for hydroxylation is 1. The summed E-state index contributed by atoms with van der Waals surface area (Å²) in [6.45, 7) is 10.9. The molecule has 1 aromatic carbocycles. The van der Waals surface area contributed by atoms with Gasteiger partial charge in [0.2, 0.25) is 5.91 Å². The van der Waals surface area contributed by atoms with Crippen LogP contribution in [0.2, 0.25) is 0 Å². The molecule has 29 heavy (non-hydrogen) atoms. The first-order chi connectivity index (χ1) is 14.0. The highest BCUT2D eigenvalue weighted by molar-refractivity contribution is 5.97. The van der Waals surface area contributed by atoms with Crippen LogP contribution in [0.4, 0.5) is 0 Å². The molecule has 1 aromatic heterocycles. The van der Waals surface area contributed by atoms with Gasteiger partial charge in [-0.2, -0.15) is 0 Å². The zero-order valence-electron chi connectivity index (χ0n) is 17.2. The largest absolute Gasteiger partial charge is 0.469 e. The molecule has 156 valence electrons. The molecule has 2 amide bonds. The molecule has 1 saturated heterocycles. The smallest absolute Gasteiger partial charge is 0.255 e. The Bertz CT molecular complexity index is 808. The summed E-state index contributed by atoms with van der Waals surface area (Å²) in [5.74, 6) is 0.00290. The van der Waals surface area contributed by atoms with E-state index in [0.29, 0.717) is 17.9 Å². The molecule has 0 unspecified atom stereocenters. The number of nitrogens with one attached hydrogen (secondary N) is 2. The fraction of sp³-hybridized carbons (Fsp3) is 0.455. The molecular formula is C22H30N4O3. The SMILES string of the molecule is CCN1CCN(Cc2ccc(CNC(=O)CNC(=O)c3ccoc3C)cc2)CC1. The second-order valence-corrected chi connectivity index (χ2v) is 7.38. The molecule has 3 rings (SSSR count). The molecule has 1 fully saturated rings. The van der Waals surface area contributed by atoms with Crippen LogP contribution in [0.15, 0.2) is 41.0 Å². The number of hydrogen-bond donors (Lipinski definition) is 2. The minimum Gasteiger partial charge on any atom is -0.469 e. The summed E-state index contributed by atoms with van der Waals surface area (Å²) in [5, 5.41) is 5.44. The number of carbonyl (C=O) groups is 2. The van der Waals surface area contributed by atoms with E-state index in [2.05, 4.69) is 39.5 Å². The van der Waals surface area contributed by atoms with Gasteiger partial charge in [-0.25, -0.2) is 0 Å². The van der Waals surface area contributed by atoms with Crippen LogP contribution in [0.25, 0.3) is 0 Å². The van der Waals surface area contributed by atoms with E-state index in [-0.39, 0.29) is 18.4 Å². The van der Waals surface area contributed by atoms with Crippen LogP contribution in [0.3, 0.4) is 0 Å². The van der Waals surface area contributed by atoms with Gasteiger partial charge in [0.05, 0.1) is 18.4 Å². The van der Waals surface area contributed by atoms with Gasteiger partial charge < -0.3 is 20.0 Å². The second-order valence-electron chi connectivity index (χ2n) is 7.38. The van der Waals surface area contributed by atoms with Gasteiger partial charge in [0, 0.05) is 39.3 Å². The zero-order valence-corrected chi connectivity index (χ0v) is 17.2. The van der Waals surface area contributed by atoms with Crippen molar-refractivity contribution in [1.82, 2.24) is 20.4 Å². The number of piperazine rings is 1. The molecule has 1 aliphatic heterocycles. The summed E-state index contributed by atoms with van der Waals surface area (Å²) in [7, 11) is 0. The van der Waals surface area contributed by atoms with Crippen molar-refractivity contribution < 1.29 is 14.0 Å². The number of hydrogen-bond acceptors (Lipinski definition) is 5. The number of nitrogens with zero attached hydrogens (tertiary/aromatic N) is 2. The summed E-state index contributed by atoms with van der Waals surface area (Å²) in [5.41, 5.74) is 2.77. The van der Waals surface area contributed by atoms with Crippen LogP contribution in [0.1, 0.15) is 34.2 Å². The maximum absolute atomic E-state index is 12.0. The first-order valence-corrected chi connectivity index (χ1v) is 10.2. The van der Waals surface area contributed by atoms with Crippen molar-refractivity contribution in [2.75, 3.05) is 39.3 Å². The third kappa shape index (κ3) is 6.17. The Kier molecular flexibility index (Phi) is 7.43. The molecule has 2 N–H and O–H groups in total. The molecule has 7 heteroatoms. The monoisotopic (exact) mass is 398 g/mol. The summed E-state index contributed by atoms with van der Waals surface area (Å²) < 4.78 is 5.10. The first-order valence-electron chi connectivity index (χ1n) is 10.2. The van der Waals surface area contributed by atoms with E-state index in [4.69, 9.17) is 4.42 Å². The summed E-state index contributed by atoms with van der Waals surface area (Å²) >= 11 is 0. The molecule has 2 heterocycles. The molecule has 1 aliphatic rings. The van der Waals surface area contributed by atoms with Crippen molar-refractivity contribution in [3.05, 3.63) is 59.0 Å². The third-order valence-electron chi connectivity index (χ3n) is 5.34. The molecule has 0 spiro atoms. The fourth-order valence-electron chi connectivity index (χ4n) is 3.42. The van der Waals surface area contributed by atoms with Crippen molar-refractivity contribution in [1.29, 1.82) is 0 Å². The Morgan fingerprint density at radius 3 is 2.24 bits per heavy atom. The second kappa shape index (κ2) is 10.2. The summed E-state index contributed by atoms with van der Waals surface area (Å²) in [6.07, 6.45) is 1.46. The molecule has 0 aliphatic carbocycles. The molecule has 7 nitrogen and oxygen atoms in total. The zero-order chi connectivity index (χ0) is 20.6. The average molecular weight is 399 g/mol. The Balaban J connectivity index is 1.38. The number of amides is 2. The number of benzene rings is 1. The lowest BCUT2D eigenvalue weighted by atomic mass is 10.1. The number of furan rings is 1. The highest BCUT2D eigenvalue weighted by Gasteiger charge is 2.15. The van der Waals surface area contributed by atoms with E-state index in [1.54, 1.807) is 13.0 Å². The quantitative estimate of drug-likeness (QED) is 0.709. The van der Waals surface area contributed by atoms with Gasteiger partial charge >= 0.3 is 0 Å². The van der Waals surface area contributed by atoms with Crippen molar-refractivity contribution in [2.24, 2.45) is 0 Å². The Labute approximate surface area is 172 Å². The van der Waals surface area contributed by atoms with E-state index in [0.717, 1.165) is 44.8 Å². The highest BCUT2D eigenvalue weighted by Crippen LogP contribution is 2.10. The maximum atomic E-state index is 12.0. The van der Waals surface area contributed by atoms with Crippen LogP contribution in [-0.2, 0) is 17.9 Å².